The van der Waals surface area contributed by atoms with E-state index in [1.807, 2.05) is 0 Å². The van der Waals surface area contributed by atoms with Gasteiger partial charge in [0.15, 0.2) is 0 Å². The zero-order valence-corrected chi connectivity index (χ0v) is 18.2. The molecule has 2 nitrogen and oxygen atoms in total. The van der Waals surface area contributed by atoms with Crippen molar-refractivity contribution in [2.45, 2.75) is 111 Å². The molecular formula is C24H42O2. The van der Waals surface area contributed by atoms with Gasteiger partial charge in [-0.05, 0) is 88.4 Å². The lowest BCUT2D eigenvalue weighted by Gasteiger charge is -2.63. The molecule has 4 aliphatic carbocycles. The number of hydrogen-bond donors (Lipinski definition) is 0. The van der Waals surface area contributed by atoms with E-state index in [0.29, 0.717) is 5.92 Å². The zero-order valence-electron chi connectivity index (χ0n) is 18.2. The van der Waals surface area contributed by atoms with E-state index in [0.717, 1.165) is 43.4 Å². The Kier molecular flexibility index (Phi) is 5.54. The highest BCUT2D eigenvalue weighted by Gasteiger charge is 2.61. The standard InChI is InChI=1S/C24H42O2/c1-7-17(5)22(6,8-2)21(25)26-24(9-3,10-4)23-14-18-11-19(15-23)13-20(12-18)16-23/h17-20H,7-16H2,1-6H3. The molecule has 0 aliphatic heterocycles. The Morgan fingerprint density at radius 2 is 1.42 bits per heavy atom. The first-order valence-corrected chi connectivity index (χ1v) is 11.5. The Morgan fingerprint density at radius 3 is 1.77 bits per heavy atom. The SMILES string of the molecule is CCC(C)C(C)(CC)C(=O)OC(CC)(CC)C12CC3CC(CC(C3)C1)C2. The summed E-state index contributed by atoms with van der Waals surface area (Å²) >= 11 is 0. The smallest absolute Gasteiger partial charge is 0.312 e. The summed E-state index contributed by atoms with van der Waals surface area (Å²) in [7, 11) is 0. The number of esters is 1. The molecule has 0 heterocycles. The van der Waals surface area contributed by atoms with Crippen molar-refractivity contribution in [2.75, 3.05) is 0 Å². The lowest BCUT2D eigenvalue weighted by Crippen LogP contribution is -2.60. The van der Waals surface area contributed by atoms with Crippen molar-refractivity contribution in [3.05, 3.63) is 0 Å². The van der Waals surface area contributed by atoms with E-state index < -0.39 is 0 Å². The van der Waals surface area contributed by atoms with Crippen LogP contribution in [-0.2, 0) is 9.53 Å². The van der Waals surface area contributed by atoms with Crippen LogP contribution in [0.5, 0.6) is 0 Å². The lowest BCUT2D eigenvalue weighted by atomic mass is 9.44. The van der Waals surface area contributed by atoms with Gasteiger partial charge in [0.25, 0.3) is 0 Å². The van der Waals surface area contributed by atoms with E-state index in [1.165, 1.54) is 38.5 Å². The Morgan fingerprint density at radius 1 is 0.962 bits per heavy atom. The molecule has 4 bridgehead atoms. The predicted molar refractivity (Wildman–Crippen MR) is 108 cm³/mol. The summed E-state index contributed by atoms with van der Waals surface area (Å²) in [6, 6.07) is 0. The molecule has 150 valence electrons. The van der Waals surface area contributed by atoms with Crippen molar-refractivity contribution in [3.63, 3.8) is 0 Å². The van der Waals surface area contributed by atoms with E-state index >= 15 is 0 Å². The Hall–Kier alpha value is -0.530. The number of rotatable bonds is 8. The van der Waals surface area contributed by atoms with Crippen LogP contribution in [0.25, 0.3) is 0 Å². The molecule has 2 heteroatoms. The summed E-state index contributed by atoms with van der Waals surface area (Å²) in [5.41, 5.74) is -0.346. The van der Waals surface area contributed by atoms with Gasteiger partial charge in [0.1, 0.15) is 5.60 Å². The van der Waals surface area contributed by atoms with Crippen LogP contribution in [0.4, 0.5) is 0 Å². The molecule has 2 atom stereocenters. The summed E-state index contributed by atoms with van der Waals surface area (Å²) in [6.45, 7) is 13.2. The molecule has 4 saturated carbocycles. The first-order valence-electron chi connectivity index (χ1n) is 11.5. The van der Waals surface area contributed by atoms with Gasteiger partial charge >= 0.3 is 5.97 Å². The van der Waals surface area contributed by atoms with Gasteiger partial charge in [-0.3, -0.25) is 4.79 Å². The molecule has 2 unspecified atom stereocenters. The summed E-state index contributed by atoms with van der Waals surface area (Å²) < 4.78 is 6.66. The number of ether oxygens (including phenoxy) is 1. The number of carbonyl (C=O) groups excluding carboxylic acids is 1. The van der Waals surface area contributed by atoms with Gasteiger partial charge in [0.2, 0.25) is 0 Å². The van der Waals surface area contributed by atoms with E-state index in [1.54, 1.807) is 0 Å². The monoisotopic (exact) mass is 362 g/mol. The van der Waals surface area contributed by atoms with E-state index in [9.17, 15) is 4.79 Å². The molecule has 0 aromatic rings. The third kappa shape index (κ3) is 2.94. The van der Waals surface area contributed by atoms with Gasteiger partial charge < -0.3 is 4.74 Å². The van der Waals surface area contributed by atoms with Crippen molar-refractivity contribution >= 4 is 5.97 Å². The molecule has 0 aromatic carbocycles. The Bertz CT molecular complexity index is 483. The molecule has 26 heavy (non-hydrogen) atoms. The van der Waals surface area contributed by atoms with Crippen molar-refractivity contribution in [3.8, 4) is 0 Å². The van der Waals surface area contributed by atoms with Crippen LogP contribution in [0.1, 0.15) is 106 Å². The molecule has 0 radical (unpaired) electrons. The first kappa shape index (κ1) is 20.2. The van der Waals surface area contributed by atoms with Gasteiger partial charge in [-0.25, -0.2) is 0 Å². The minimum Gasteiger partial charge on any atom is -0.458 e. The van der Waals surface area contributed by atoms with E-state index in [4.69, 9.17) is 4.74 Å². The summed E-state index contributed by atoms with van der Waals surface area (Å²) in [5.74, 6) is 3.12. The topological polar surface area (TPSA) is 26.3 Å². The molecule has 4 aliphatic rings. The second-order valence-electron chi connectivity index (χ2n) is 10.4. The molecule has 0 saturated heterocycles. The average molecular weight is 363 g/mol. The Labute approximate surface area is 161 Å². The minimum absolute atomic E-state index is 0.0776. The van der Waals surface area contributed by atoms with Crippen molar-refractivity contribution in [2.24, 2.45) is 34.5 Å². The number of hydrogen-bond acceptors (Lipinski definition) is 2. The average Bonchev–Trinajstić information content (AvgIpc) is 2.63. The van der Waals surface area contributed by atoms with Gasteiger partial charge in [-0.15, -0.1) is 0 Å². The predicted octanol–water partition coefficient (Wildman–Crippen LogP) is 6.77. The highest BCUT2D eigenvalue weighted by atomic mass is 16.6. The van der Waals surface area contributed by atoms with Crippen molar-refractivity contribution in [1.29, 1.82) is 0 Å². The van der Waals surface area contributed by atoms with Crippen LogP contribution in [0.15, 0.2) is 0 Å². The number of carbonyl (C=O) groups is 1. The maximum atomic E-state index is 13.5. The van der Waals surface area contributed by atoms with E-state index in [-0.39, 0.29) is 22.4 Å². The molecule has 4 fully saturated rings. The maximum absolute atomic E-state index is 13.5. The van der Waals surface area contributed by atoms with Crippen molar-refractivity contribution < 1.29 is 9.53 Å². The fourth-order valence-electron chi connectivity index (χ4n) is 7.36. The fraction of sp³-hybridized carbons (Fsp3) is 0.958. The molecule has 0 amide bonds. The summed E-state index contributed by atoms with van der Waals surface area (Å²) in [4.78, 5) is 13.5. The van der Waals surface area contributed by atoms with Crippen molar-refractivity contribution in [1.82, 2.24) is 0 Å². The second-order valence-corrected chi connectivity index (χ2v) is 10.4. The Balaban J connectivity index is 1.90. The van der Waals surface area contributed by atoms with Crippen LogP contribution in [-0.4, -0.2) is 11.6 Å². The fourth-order valence-corrected chi connectivity index (χ4v) is 7.36. The summed E-state index contributed by atoms with van der Waals surface area (Å²) in [6.07, 6.45) is 12.1. The molecule has 0 spiro atoms. The van der Waals surface area contributed by atoms with Gasteiger partial charge in [0, 0.05) is 5.41 Å². The summed E-state index contributed by atoms with van der Waals surface area (Å²) in [5, 5.41) is 0. The highest BCUT2D eigenvalue weighted by Crippen LogP contribution is 2.66. The van der Waals surface area contributed by atoms with E-state index in [2.05, 4.69) is 41.5 Å². The normalized spacial score (nSPS) is 36.6. The first-order chi connectivity index (χ1) is 12.3. The lowest BCUT2D eigenvalue weighted by molar-refractivity contribution is -0.221. The highest BCUT2D eigenvalue weighted by molar-refractivity contribution is 5.77. The third-order valence-corrected chi connectivity index (χ3v) is 9.34. The quantitative estimate of drug-likeness (QED) is 0.445. The molecule has 0 N–H and O–H groups in total. The van der Waals surface area contributed by atoms with Gasteiger partial charge in [0.05, 0.1) is 5.41 Å². The molecule has 4 rings (SSSR count). The second kappa shape index (κ2) is 7.13. The molecule has 0 aromatic heterocycles. The van der Waals surface area contributed by atoms with Crippen LogP contribution in [0.3, 0.4) is 0 Å². The minimum atomic E-state index is -0.355. The van der Waals surface area contributed by atoms with Gasteiger partial charge in [-0.2, -0.15) is 0 Å². The largest absolute Gasteiger partial charge is 0.458 e. The third-order valence-electron chi connectivity index (χ3n) is 9.34. The maximum Gasteiger partial charge on any atom is 0.312 e. The van der Waals surface area contributed by atoms with Crippen LogP contribution in [0, 0.1) is 34.5 Å². The van der Waals surface area contributed by atoms with Crippen LogP contribution >= 0.6 is 0 Å². The zero-order chi connectivity index (χ0) is 19.2. The molecular weight excluding hydrogens is 320 g/mol. The van der Waals surface area contributed by atoms with Crippen LogP contribution < -0.4 is 0 Å². The van der Waals surface area contributed by atoms with Gasteiger partial charge in [-0.1, -0.05) is 41.0 Å². The van der Waals surface area contributed by atoms with Crippen LogP contribution in [0.2, 0.25) is 0 Å².